The van der Waals surface area contributed by atoms with Gasteiger partial charge in [0.25, 0.3) is 0 Å². The van der Waals surface area contributed by atoms with Crippen LogP contribution in [0.1, 0.15) is 31.4 Å². The Morgan fingerprint density at radius 3 is 2.56 bits per heavy atom. The molecule has 2 aromatic rings. The fourth-order valence-corrected chi connectivity index (χ4v) is 4.16. The molecule has 0 amide bonds. The van der Waals surface area contributed by atoms with E-state index in [0.29, 0.717) is 12.5 Å². The maximum atomic E-state index is 13.7. The van der Waals surface area contributed by atoms with Crippen molar-refractivity contribution in [1.82, 2.24) is 5.32 Å². The van der Waals surface area contributed by atoms with Gasteiger partial charge >= 0.3 is 0 Å². The van der Waals surface area contributed by atoms with E-state index in [-0.39, 0.29) is 17.9 Å². The number of β-amino-alcohol motifs (C(OH)–C–C–N with tert-alkyl or cyclic N) is 1. The standard InChI is InChI=1S/C22H27BrFNO2/c1-22(2,12-15-9-16-5-3-4-6-17(16)10-15)25-13-19(26)14-27-21-11-18(23)7-8-20(21)24/h3-8,11,15,19,25-26H,9-10,12-14H2,1-2H3. The highest BCUT2D eigenvalue weighted by Crippen LogP contribution is 2.31. The predicted molar refractivity (Wildman–Crippen MR) is 110 cm³/mol. The van der Waals surface area contributed by atoms with Gasteiger partial charge in [-0.1, -0.05) is 40.2 Å². The van der Waals surface area contributed by atoms with Crippen LogP contribution in [0.4, 0.5) is 4.39 Å². The van der Waals surface area contributed by atoms with E-state index < -0.39 is 11.9 Å². The fraction of sp³-hybridized carbons (Fsp3) is 0.455. The number of hydrogen-bond donors (Lipinski definition) is 2. The Morgan fingerprint density at radius 2 is 1.89 bits per heavy atom. The Kier molecular flexibility index (Phi) is 6.56. The highest BCUT2D eigenvalue weighted by atomic mass is 79.9. The van der Waals surface area contributed by atoms with Gasteiger partial charge in [-0.25, -0.2) is 4.39 Å². The van der Waals surface area contributed by atoms with Crippen LogP contribution in [0.2, 0.25) is 0 Å². The largest absolute Gasteiger partial charge is 0.488 e. The number of halogens is 2. The molecule has 0 aliphatic heterocycles. The Bertz CT molecular complexity index is 756. The molecule has 0 fully saturated rings. The summed E-state index contributed by atoms with van der Waals surface area (Å²) < 4.78 is 19.9. The first kappa shape index (κ1) is 20.3. The Hall–Kier alpha value is -1.43. The third kappa shape index (κ3) is 5.77. The average Bonchev–Trinajstić information content (AvgIpc) is 3.02. The first-order valence-corrected chi connectivity index (χ1v) is 10.2. The number of rotatable bonds is 8. The smallest absolute Gasteiger partial charge is 0.165 e. The van der Waals surface area contributed by atoms with Gasteiger partial charge in [0, 0.05) is 16.6 Å². The van der Waals surface area contributed by atoms with Crippen LogP contribution < -0.4 is 10.1 Å². The molecule has 5 heteroatoms. The van der Waals surface area contributed by atoms with Gasteiger partial charge in [-0.3, -0.25) is 0 Å². The number of fused-ring (bicyclic) bond motifs is 1. The molecular formula is C22H27BrFNO2. The van der Waals surface area contributed by atoms with E-state index in [2.05, 4.69) is 59.4 Å². The molecule has 0 spiro atoms. The normalized spacial score (nSPS) is 15.6. The number of aliphatic hydroxyl groups is 1. The van der Waals surface area contributed by atoms with Crippen molar-refractivity contribution in [2.75, 3.05) is 13.2 Å². The molecule has 0 saturated carbocycles. The van der Waals surface area contributed by atoms with E-state index in [4.69, 9.17) is 4.74 Å². The highest BCUT2D eigenvalue weighted by molar-refractivity contribution is 9.10. The summed E-state index contributed by atoms with van der Waals surface area (Å²) in [6.07, 6.45) is 2.57. The second-order valence-corrected chi connectivity index (χ2v) is 8.97. The molecule has 3 nitrogen and oxygen atoms in total. The lowest BCUT2D eigenvalue weighted by Crippen LogP contribution is -2.46. The van der Waals surface area contributed by atoms with Crippen molar-refractivity contribution in [2.24, 2.45) is 5.92 Å². The molecule has 0 aromatic heterocycles. The van der Waals surface area contributed by atoms with Gasteiger partial charge in [0.15, 0.2) is 11.6 Å². The molecular weight excluding hydrogens is 409 g/mol. The molecule has 27 heavy (non-hydrogen) atoms. The van der Waals surface area contributed by atoms with Crippen LogP contribution in [-0.4, -0.2) is 29.9 Å². The minimum absolute atomic E-state index is 0.0469. The Labute approximate surface area is 169 Å². The minimum atomic E-state index is -0.705. The zero-order valence-electron chi connectivity index (χ0n) is 15.8. The summed E-state index contributed by atoms with van der Waals surface area (Å²) in [5, 5.41) is 13.7. The van der Waals surface area contributed by atoms with Gasteiger partial charge in [-0.2, -0.15) is 0 Å². The van der Waals surface area contributed by atoms with Crippen LogP contribution in [-0.2, 0) is 12.8 Å². The second kappa shape index (κ2) is 8.72. The van der Waals surface area contributed by atoms with E-state index in [9.17, 15) is 9.50 Å². The molecule has 1 unspecified atom stereocenters. The Morgan fingerprint density at radius 1 is 1.22 bits per heavy atom. The third-order valence-corrected chi connectivity index (χ3v) is 5.57. The van der Waals surface area contributed by atoms with Crippen LogP contribution in [0.15, 0.2) is 46.9 Å². The maximum absolute atomic E-state index is 13.7. The van der Waals surface area contributed by atoms with Crippen molar-refractivity contribution in [3.8, 4) is 5.75 Å². The van der Waals surface area contributed by atoms with Crippen molar-refractivity contribution in [1.29, 1.82) is 0 Å². The average molecular weight is 436 g/mol. The SMILES string of the molecule is CC(C)(CC1Cc2ccccc2C1)NCC(O)COc1cc(Br)ccc1F. The number of nitrogens with one attached hydrogen (secondary N) is 1. The number of aliphatic hydroxyl groups excluding tert-OH is 1. The Balaban J connectivity index is 1.44. The fourth-order valence-electron chi connectivity index (χ4n) is 3.81. The van der Waals surface area contributed by atoms with E-state index in [1.54, 1.807) is 12.1 Å². The van der Waals surface area contributed by atoms with E-state index >= 15 is 0 Å². The zero-order chi connectivity index (χ0) is 19.4. The third-order valence-electron chi connectivity index (χ3n) is 5.08. The number of hydrogen-bond acceptors (Lipinski definition) is 3. The van der Waals surface area contributed by atoms with Crippen molar-refractivity contribution < 1.29 is 14.2 Å². The molecule has 2 aromatic carbocycles. The van der Waals surface area contributed by atoms with Crippen LogP contribution in [0, 0.1) is 11.7 Å². The van der Waals surface area contributed by atoms with Gasteiger partial charge in [-0.05, 0) is 68.4 Å². The predicted octanol–water partition coefficient (Wildman–Crippen LogP) is 4.50. The first-order chi connectivity index (χ1) is 12.8. The molecule has 0 radical (unpaired) electrons. The lowest BCUT2D eigenvalue weighted by atomic mass is 9.88. The highest BCUT2D eigenvalue weighted by Gasteiger charge is 2.28. The summed E-state index contributed by atoms with van der Waals surface area (Å²) in [7, 11) is 0. The molecule has 3 rings (SSSR count). The topological polar surface area (TPSA) is 41.5 Å². The summed E-state index contributed by atoms with van der Waals surface area (Å²) in [4.78, 5) is 0. The van der Waals surface area contributed by atoms with Crippen molar-refractivity contribution in [3.05, 3.63) is 63.9 Å². The molecule has 0 bridgehead atoms. The molecule has 0 saturated heterocycles. The van der Waals surface area contributed by atoms with Gasteiger partial charge in [0.05, 0.1) is 0 Å². The maximum Gasteiger partial charge on any atom is 0.165 e. The van der Waals surface area contributed by atoms with Crippen LogP contribution >= 0.6 is 15.9 Å². The quantitative estimate of drug-likeness (QED) is 0.641. The van der Waals surface area contributed by atoms with E-state index in [1.807, 2.05) is 0 Å². The molecule has 2 N–H and O–H groups in total. The van der Waals surface area contributed by atoms with Gasteiger partial charge in [0.2, 0.25) is 0 Å². The van der Waals surface area contributed by atoms with Crippen molar-refractivity contribution in [3.63, 3.8) is 0 Å². The summed E-state index contributed by atoms with van der Waals surface area (Å²) >= 11 is 3.29. The van der Waals surface area contributed by atoms with Gasteiger partial charge in [-0.15, -0.1) is 0 Å². The molecule has 0 heterocycles. The molecule has 1 aliphatic carbocycles. The van der Waals surface area contributed by atoms with Gasteiger partial charge in [0.1, 0.15) is 12.7 Å². The zero-order valence-corrected chi connectivity index (χ0v) is 17.4. The molecule has 1 atom stereocenters. The second-order valence-electron chi connectivity index (χ2n) is 8.05. The lowest BCUT2D eigenvalue weighted by Gasteiger charge is -2.30. The summed E-state index contributed by atoms with van der Waals surface area (Å²) in [6, 6.07) is 13.2. The first-order valence-electron chi connectivity index (χ1n) is 9.40. The van der Waals surface area contributed by atoms with Crippen LogP contribution in [0.3, 0.4) is 0 Å². The minimum Gasteiger partial charge on any atom is -0.488 e. The number of ether oxygens (including phenoxy) is 1. The van der Waals surface area contributed by atoms with E-state index in [1.165, 1.54) is 17.2 Å². The van der Waals surface area contributed by atoms with Gasteiger partial charge < -0.3 is 15.2 Å². The summed E-state index contributed by atoms with van der Waals surface area (Å²) in [5.74, 6) is 0.333. The van der Waals surface area contributed by atoms with Crippen molar-refractivity contribution in [2.45, 2.75) is 44.8 Å². The van der Waals surface area contributed by atoms with Crippen LogP contribution in [0.25, 0.3) is 0 Å². The number of benzene rings is 2. The van der Waals surface area contributed by atoms with Crippen LogP contribution in [0.5, 0.6) is 5.75 Å². The van der Waals surface area contributed by atoms with E-state index in [0.717, 1.165) is 23.7 Å². The molecule has 146 valence electrons. The summed E-state index contributed by atoms with van der Waals surface area (Å²) in [5.41, 5.74) is 2.83. The van der Waals surface area contributed by atoms with Crippen molar-refractivity contribution >= 4 is 15.9 Å². The lowest BCUT2D eigenvalue weighted by molar-refractivity contribution is 0.0946. The summed E-state index contributed by atoms with van der Waals surface area (Å²) in [6.45, 7) is 4.78. The molecule has 1 aliphatic rings. The monoisotopic (exact) mass is 435 g/mol.